The molecule has 0 aromatic rings. The van der Waals surface area contributed by atoms with E-state index in [9.17, 15) is 21.6 Å². The van der Waals surface area contributed by atoms with Gasteiger partial charge in [-0.2, -0.15) is 13.2 Å². The molecule has 1 saturated carbocycles. The number of sulfonamides is 1. The number of rotatable bonds is 5. The molecule has 0 amide bonds. The van der Waals surface area contributed by atoms with Gasteiger partial charge in [-0.05, 0) is 36.6 Å². The Morgan fingerprint density at radius 2 is 1.78 bits per heavy atom. The van der Waals surface area contributed by atoms with Gasteiger partial charge in [0.1, 0.15) is 0 Å². The van der Waals surface area contributed by atoms with E-state index in [-0.39, 0.29) is 17.4 Å². The number of alkyl halides is 3. The molecule has 4 nitrogen and oxygen atoms in total. The normalized spacial score (nSPS) is 22.6. The molecular weight excluding hydrogens is 269 g/mol. The van der Waals surface area contributed by atoms with Gasteiger partial charge >= 0.3 is 15.5 Å². The van der Waals surface area contributed by atoms with E-state index in [2.05, 4.69) is 13.8 Å². The SMILES string of the molecule is CC1(C)CC(CN)(CCNS(=O)(=O)C(F)(F)F)C1. The highest BCUT2D eigenvalue weighted by molar-refractivity contribution is 7.90. The fourth-order valence-corrected chi connectivity index (χ4v) is 3.47. The number of nitrogens with two attached hydrogens (primary N) is 1. The van der Waals surface area contributed by atoms with E-state index >= 15 is 0 Å². The standard InChI is InChI=1S/C10H19F3N2O2S/c1-8(2)5-9(6-8,7-14)3-4-15-18(16,17)10(11,12)13/h15H,3-7,14H2,1-2H3. The van der Waals surface area contributed by atoms with E-state index in [1.807, 2.05) is 0 Å². The van der Waals surface area contributed by atoms with Crippen LogP contribution >= 0.6 is 0 Å². The van der Waals surface area contributed by atoms with Crippen molar-refractivity contribution in [3.8, 4) is 0 Å². The summed E-state index contributed by atoms with van der Waals surface area (Å²) in [7, 11) is -5.23. The Kier molecular flexibility index (Phi) is 4.06. The lowest BCUT2D eigenvalue weighted by molar-refractivity contribution is -0.0454. The van der Waals surface area contributed by atoms with Crippen LogP contribution in [0.25, 0.3) is 0 Å². The van der Waals surface area contributed by atoms with Crippen LogP contribution in [0.4, 0.5) is 13.2 Å². The largest absolute Gasteiger partial charge is 0.511 e. The summed E-state index contributed by atoms with van der Waals surface area (Å²) in [5.74, 6) is 0. The molecule has 0 heterocycles. The second kappa shape index (κ2) is 4.64. The molecule has 0 unspecified atom stereocenters. The van der Waals surface area contributed by atoms with E-state index in [0.717, 1.165) is 12.8 Å². The van der Waals surface area contributed by atoms with Crippen molar-refractivity contribution < 1.29 is 21.6 Å². The molecule has 0 atom stereocenters. The molecule has 0 aliphatic heterocycles. The lowest BCUT2D eigenvalue weighted by Gasteiger charge is -2.53. The van der Waals surface area contributed by atoms with Crippen molar-refractivity contribution >= 4 is 10.0 Å². The highest BCUT2D eigenvalue weighted by Crippen LogP contribution is 2.55. The first-order valence-electron chi connectivity index (χ1n) is 5.69. The Balaban J connectivity index is 2.48. The highest BCUT2D eigenvalue weighted by atomic mass is 32.2. The average molecular weight is 288 g/mol. The molecule has 0 radical (unpaired) electrons. The Hall–Kier alpha value is -0.340. The van der Waals surface area contributed by atoms with Crippen molar-refractivity contribution in [3.63, 3.8) is 0 Å². The number of nitrogens with one attached hydrogen (secondary N) is 1. The molecule has 18 heavy (non-hydrogen) atoms. The monoisotopic (exact) mass is 288 g/mol. The van der Waals surface area contributed by atoms with Crippen molar-refractivity contribution in [1.82, 2.24) is 4.72 Å². The molecule has 0 aromatic heterocycles. The zero-order chi connectivity index (χ0) is 14.2. The lowest BCUT2D eigenvalue weighted by atomic mass is 9.53. The van der Waals surface area contributed by atoms with E-state index in [4.69, 9.17) is 5.73 Å². The van der Waals surface area contributed by atoms with Crippen LogP contribution in [0.1, 0.15) is 33.1 Å². The zero-order valence-electron chi connectivity index (χ0n) is 10.5. The first-order valence-corrected chi connectivity index (χ1v) is 7.17. The molecule has 1 aliphatic rings. The summed E-state index contributed by atoms with van der Waals surface area (Å²) in [5.41, 5.74) is 0.294. The molecule has 0 saturated heterocycles. The van der Waals surface area contributed by atoms with E-state index in [1.165, 1.54) is 0 Å². The van der Waals surface area contributed by atoms with Crippen LogP contribution in [0.15, 0.2) is 0 Å². The Bertz CT molecular complexity index is 396. The second-order valence-corrected chi connectivity index (χ2v) is 7.57. The van der Waals surface area contributed by atoms with Gasteiger partial charge < -0.3 is 5.73 Å². The van der Waals surface area contributed by atoms with Gasteiger partial charge in [-0.1, -0.05) is 13.8 Å². The summed E-state index contributed by atoms with van der Waals surface area (Å²) in [6, 6.07) is 0. The molecule has 3 N–H and O–H groups in total. The van der Waals surface area contributed by atoms with Gasteiger partial charge in [0, 0.05) is 6.54 Å². The van der Waals surface area contributed by atoms with Crippen LogP contribution in [0.2, 0.25) is 0 Å². The number of hydrogen-bond donors (Lipinski definition) is 2. The van der Waals surface area contributed by atoms with E-state index < -0.39 is 15.5 Å². The fraction of sp³-hybridized carbons (Fsp3) is 1.00. The molecule has 0 aromatic carbocycles. The Labute approximate surface area is 105 Å². The molecule has 1 aliphatic carbocycles. The first kappa shape index (κ1) is 15.7. The summed E-state index contributed by atoms with van der Waals surface area (Å²) < 4.78 is 59.4. The van der Waals surface area contributed by atoms with Gasteiger partial charge in [0.15, 0.2) is 0 Å². The molecule has 1 fully saturated rings. The zero-order valence-corrected chi connectivity index (χ0v) is 11.3. The average Bonchev–Trinajstić information content (AvgIpc) is 2.12. The van der Waals surface area contributed by atoms with Crippen LogP contribution in [-0.4, -0.2) is 27.0 Å². The summed E-state index contributed by atoms with van der Waals surface area (Å²) in [6.07, 6.45) is 1.96. The molecule has 0 spiro atoms. The van der Waals surface area contributed by atoms with Gasteiger partial charge in [-0.15, -0.1) is 0 Å². The van der Waals surface area contributed by atoms with Crippen molar-refractivity contribution in [3.05, 3.63) is 0 Å². The minimum absolute atomic E-state index is 0.141. The van der Waals surface area contributed by atoms with E-state index in [1.54, 1.807) is 4.72 Å². The predicted molar refractivity (Wildman–Crippen MR) is 62.1 cm³/mol. The third kappa shape index (κ3) is 3.36. The summed E-state index contributed by atoms with van der Waals surface area (Å²) in [5, 5.41) is 0. The van der Waals surface area contributed by atoms with Crippen molar-refractivity contribution in [2.75, 3.05) is 13.1 Å². The maximum absolute atomic E-state index is 12.1. The molecular formula is C10H19F3N2O2S. The van der Waals surface area contributed by atoms with Crippen molar-refractivity contribution in [2.24, 2.45) is 16.6 Å². The minimum Gasteiger partial charge on any atom is -0.330 e. The predicted octanol–water partition coefficient (Wildman–Crippen LogP) is 1.58. The third-order valence-electron chi connectivity index (χ3n) is 3.39. The molecule has 108 valence electrons. The second-order valence-electron chi connectivity index (χ2n) is 5.82. The molecule has 1 rings (SSSR count). The maximum atomic E-state index is 12.1. The fourth-order valence-electron chi connectivity index (χ4n) is 2.93. The minimum atomic E-state index is -5.25. The summed E-state index contributed by atoms with van der Waals surface area (Å²) in [4.78, 5) is 0. The maximum Gasteiger partial charge on any atom is 0.511 e. The van der Waals surface area contributed by atoms with Gasteiger partial charge in [0.2, 0.25) is 0 Å². The van der Waals surface area contributed by atoms with Crippen molar-refractivity contribution in [1.29, 1.82) is 0 Å². The topological polar surface area (TPSA) is 72.2 Å². The quantitative estimate of drug-likeness (QED) is 0.807. The van der Waals surface area contributed by atoms with Crippen LogP contribution < -0.4 is 10.5 Å². The van der Waals surface area contributed by atoms with Gasteiger partial charge in [0.25, 0.3) is 0 Å². The first-order chi connectivity index (χ1) is 7.93. The Morgan fingerprint density at radius 3 is 2.11 bits per heavy atom. The van der Waals surface area contributed by atoms with Gasteiger partial charge in [0.05, 0.1) is 0 Å². The summed E-state index contributed by atoms with van der Waals surface area (Å²) in [6.45, 7) is 4.25. The lowest BCUT2D eigenvalue weighted by Crippen LogP contribution is -2.50. The smallest absolute Gasteiger partial charge is 0.330 e. The van der Waals surface area contributed by atoms with Gasteiger partial charge in [-0.25, -0.2) is 13.1 Å². The van der Waals surface area contributed by atoms with Crippen LogP contribution in [-0.2, 0) is 10.0 Å². The van der Waals surface area contributed by atoms with Crippen LogP contribution in [0, 0.1) is 10.8 Å². The number of halogens is 3. The molecule has 8 heteroatoms. The summed E-state index contributed by atoms with van der Waals surface area (Å²) >= 11 is 0. The highest BCUT2D eigenvalue weighted by Gasteiger charge is 2.49. The number of hydrogen-bond acceptors (Lipinski definition) is 3. The van der Waals surface area contributed by atoms with Crippen LogP contribution in [0.5, 0.6) is 0 Å². The van der Waals surface area contributed by atoms with E-state index in [0.29, 0.717) is 13.0 Å². The molecule has 0 bridgehead atoms. The third-order valence-corrected chi connectivity index (χ3v) is 4.59. The Morgan fingerprint density at radius 1 is 1.28 bits per heavy atom. The van der Waals surface area contributed by atoms with Gasteiger partial charge in [-0.3, -0.25) is 0 Å². The van der Waals surface area contributed by atoms with Crippen molar-refractivity contribution in [2.45, 2.75) is 38.6 Å². The van der Waals surface area contributed by atoms with Crippen LogP contribution in [0.3, 0.4) is 0 Å².